The number of carboxylic acid groups (broad SMARTS) is 1. The second-order valence-corrected chi connectivity index (χ2v) is 11.8. The van der Waals surface area contributed by atoms with Gasteiger partial charge in [0.05, 0.1) is 21.8 Å². The number of ketones is 1. The molecule has 0 fully saturated rings. The Morgan fingerprint density at radius 3 is 2.22 bits per heavy atom. The van der Waals surface area contributed by atoms with Crippen LogP contribution in [-0.2, 0) is 20.6 Å². The number of hydrogen-bond donors (Lipinski definition) is 3. The molecule has 0 spiro atoms. The molecule has 0 heterocycles. The van der Waals surface area contributed by atoms with E-state index in [1.165, 1.54) is 58.0 Å². The summed E-state index contributed by atoms with van der Waals surface area (Å²) in [6, 6.07) is 9.43. The van der Waals surface area contributed by atoms with Crippen molar-refractivity contribution >= 4 is 52.5 Å². The molecule has 46 heavy (non-hydrogen) atoms. The molecule has 0 saturated heterocycles. The highest BCUT2D eigenvalue weighted by atomic mass is 35.5. The van der Waals surface area contributed by atoms with E-state index in [2.05, 4.69) is 22.5 Å². The van der Waals surface area contributed by atoms with E-state index >= 15 is 0 Å². The fraction of sp³-hybridized carbons (Fsp3) is 0.250. The summed E-state index contributed by atoms with van der Waals surface area (Å²) in [4.78, 5) is 49.6. The van der Waals surface area contributed by atoms with Gasteiger partial charge in [0.15, 0.2) is 12.4 Å². The Balaban J connectivity index is 1.72. The molecule has 0 aliphatic carbocycles. The number of ether oxygens (including phenoxy) is 1. The highest BCUT2D eigenvalue weighted by molar-refractivity contribution is 6.34. The van der Waals surface area contributed by atoms with Crippen LogP contribution in [0.5, 0.6) is 5.75 Å². The number of nitrogens with one attached hydrogen (secondary N) is 2. The molecule has 0 aromatic heterocycles. The van der Waals surface area contributed by atoms with Gasteiger partial charge < -0.3 is 20.5 Å². The van der Waals surface area contributed by atoms with Gasteiger partial charge >= 0.3 is 12.1 Å². The molecule has 0 aliphatic rings. The molecule has 0 aliphatic heterocycles. The van der Waals surface area contributed by atoms with Crippen molar-refractivity contribution < 1.29 is 46.6 Å². The van der Waals surface area contributed by atoms with Crippen molar-refractivity contribution in [1.82, 2.24) is 5.32 Å². The van der Waals surface area contributed by atoms with Gasteiger partial charge in [-0.25, -0.2) is 9.18 Å². The van der Waals surface area contributed by atoms with Gasteiger partial charge in [-0.15, -0.1) is 0 Å². The van der Waals surface area contributed by atoms with E-state index in [4.69, 9.17) is 27.9 Å². The number of benzene rings is 3. The fourth-order valence-electron chi connectivity index (χ4n) is 3.65. The Hall–Kier alpha value is -4.60. The van der Waals surface area contributed by atoms with Crippen LogP contribution in [0, 0.1) is 23.1 Å². The summed E-state index contributed by atoms with van der Waals surface area (Å²) in [5, 5.41) is 14.3. The molecule has 2 amide bonds. The van der Waals surface area contributed by atoms with E-state index in [1.807, 2.05) is 0 Å². The molecule has 14 heteroatoms. The van der Waals surface area contributed by atoms with Crippen molar-refractivity contribution in [3.05, 3.63) is 92.7 Å². The molecule has 3 aromatic carbocycles. The van der Waals surface area contributed by atoms with Crippen LogP contribution in [0.15, 0.2) is 54.6 Å². The van der Waals surface area contributed by atoms with Gasteiger partial charge in [-0.2, -0.15) is 13.2 Å². The molecular weight excluding hydrogens is 655 g/mol. The lowest BCUT2D eigenvalue weighted by atomic mass is 9.91. The van der Waals surface area contributed by atoms with Crippen LogP contribution in [0.2, 0.25) is 10.0 Å². The maximum atomic E-state index is 13.9. The van der Waals surface area contributed by atoms with Crippen LogP contribution in [0.1, 0.15) is 54.7 Å². The molecule has 0 unspecified atom stereocenters. The topological polar surface area (TPSA) is 122 Å². The Bertz CT molecular complexity index is 1780. The van der Waals surface area contributed by atoms with Crippen LogP contribution >= 0.6 is 23.2 Å². The average Bonchev–Trinajstić information content (AvgIpc) is 2.95. The summed E-state index contributed by atoms with van der Waals surface area (Å²) in [6.07, 6.45) is -4.90. The van der Waals surface area contributed by atoms with Crippen molar-refractivity contribution in [2.45, 2.75) is 39.4 Å². The first-order valence-corrected chi connectivity index (χ1v) is 14.0. The molecule has 3 aromatic rings. The zero-order valence-corrected chi connectivity index (χ0v) is 26.2. The first kappa shape index (κ1) is 35.9. The van der Waals surface area contributed by atoms with Gasteiger partial charge in [-0.3, -0.25) is 14.4 Å². The third-order valence-electron chi connectivity index (χ3n) is 6.32. The Kier molecular flexibility index (Phi) is 10.8. The van der Waals surface area contributed by atoms with Gasteiger partial charge in [-0.1, -0.05) is 35.0 Å². The van der Waals surface area contributed by atoms with Gasteiger partial charge in [0.25, 0.3) is 5.91 Å². The number of alkyl halides is 3. The first-order chi connectivity index (χ1) is 21.2. The normalized spacial score (nSPS) is 11.6. The second kappa shape index (κ2) is 13.8. The summed E-state index contributed by atoms with van der Waals surface area (Å²) >= 11 is 12.3. The first-order valence-electron chi connectivity index (χ1n) is 13.2. The van der Waals surface area contributed by atoms with Crippen LogP contribution < -0.4 is 15.4 Å². The SMILES string of the molecule is CC(C)(C#Cc1ccc(NC(=O)COc2ccc(Cl)cc2C(=O)c2cc(F)cc(C(F)(F)F)c2)c(Cl)c1)C(=O)NC(C)(C)C(=O)O. The van der Waals surface area contributed by atoms with Crippen LogP contribution in [-0.4, -0.2) is 40.8 Å². The Labute approximate surface area is 271 Å². The maximum Gasteiger partial charge on any atom is 0.416 e. The summed E-state index contributed by atoms with van der Waals surface area (Å²) in [7, 11) is 0. The van der Waals surface area contributed by atoms with E-state index in [-0.39, 0.29) is 33.1 Å². The minimum atomic E-state index is -4.90. The predicted octanol–water partition coefficient (Wildman–Crippen LogP) is 6.76. The van der Waals surface area contributed by atoms with E-state index < -0.39 is 64.2 Å². The fourth-order valence-corrected chi connectivity index (χ4v) is 4.05. The van der Waals surface area contributed by atoms with Crippen molar-refractivity contribution in [2.24, 2.45) is 5.41 Å². The van der Waals surface area contributed by atoms with Crippen LogP contribution in [0.4, 0.5) is 23.2 Å². The molecule has 0 bridgehead atoms. The van der Waals surface area contributed by atoms with Crippen LogP contribution in [0.3, 0.4) is 0 Å². The Morgan fingerprint density at radius 2 is 1.61 bits per heavy atom. The van der Waals surface area contributed by atoms with Gasteiger partial charge in [0.1, 0.15) is 22.5 Å². The number of rotatable bonds is 9. The number of amides is 2. The average molecular weight is 681 g/mol. The highest BCUT2D eigenvalue weighted by Crippen LogP contribution is 2.32. The maximum absolute atomic E-state index is 13.9. The molecule has 0 atom stereocenters. The third-order valence-corrected chi connectivity index (χ3v) is 6.87. The van der Waals surface area contributed by atoms with E-state index in [9.17, 15) is 41.8 Å². The number of aliphatic carboxylic acids is 1. The van der Waals surface area contributed by atoms with E-state index in [1.54, 1.807) is 0 Å². The van der Waals surface area contributed by atoms with Gasteiger partial charge in [0.2, 0.25) is 5.91 Å². The van der Waals surface area contributed by atoms with Gasteiger partial charge in [0, 0.05) is 16.1 Å². The largest absolute Gasteiger partial charge is 0.483 e. The summed E-state index contributed by atoms with van der Waals surface area (Å²) in [6.45, 7) is 5.05. The quantitative estimate of drug-likeness (QED) is 0.131. The standard InChI is InChI=1S/C32H26Cl2F4N2O6/c1-30(2,28(43)40-31(3,4)29(44)45)10-9-17-5-7-24(23(34)11-17)39-26(41)16-46-25-8-6-20(33)15-22(25)27(42)18-12-19(32(36,37)38)14-21(35)13-18/h5-8,11-15H,16H2,1-4H3,(H,39,41)(H,40,43)(H,44,45). The lowest BCUT2D eigenvalue weighted by Gasteiger charge is -2.26. The number of halogens is 6. The summed E-state index contributed by atoms with van der Waals surface area (Å²) in [5.74, 6) is 0.532. The smallest absolute Gasteiger partial charge is 0.416 e. The molecular formula is C32H26Cl2F4N2O6. The second-order valence-electron chi connectivity index (χ2n) is 11.0. The zero-order valence-electron chi connectivity index (χ0n) is 24.7. The molecule has 3 N–H and O–H groups in total. The minimum absolute atomic E-state index is 0.0377. The predicted molar refractivity (Wildman–Crippen MR) is 162 cm³/mol. The van der Waals surface area contributed by atoms with E-state index in [0.29, 0.717) is 17.7 Å². The third kappa shape index (κ3) is 9.22. The molecule has 8 nitrogen and oxygen atoms in total. The number of carbonyl (C=O) groups is 4. The molecule has 0 radical (unpaired) electrons. The number of carboxylic acids is 1. The lowest BCUT2D eigenvalue weighted by molar-refractivity contribution is -0.147. The van der Waals surface area contributed by atoms with Crippen molar-refractivity contribution in [2.75, 3.05) is 11.9 Å². The number of anilines is 1. The minimum Gasteiger partial charge on any atom is -0.483 e. The zero-order chi connectivity index (χ0) is 34.6. The number of carbonyl (C=O) groups excluding carboxylic acids is 3. The van der Waals surface area contributed by atoms with Crippen molar-refractivity contribution in [3.63, 3.8) is 0 Å². The molecule has 242 valence electrons. The van der Waals surface area contributed by atoms with Crippen molar-refractivity contribution in [1.29, 1.82) is 0 Å². The monoisotopic (exact) mass is 680 g/mol. The molecule has 3 rings (SSSR count). The number of hydrogen-bond acceptors (Lipinski definition) is 5. The highest BCUT2D eigenvalue weighted by Gasteiger charge is 2.35. The van der Waals surface area contributed by atoms with Gasteiger partial charge in [-0.05, 0) is 82.3 Å². The summed E-state index contributed by atoms with van der Waals surface area (Å²) < 4.78 is 58.9. The molecule has 0 saturated carbocycles. The lowest BCUT2D eigenvalue weighted by Crippen LogP contribution is -2.53. The Morgan fingerprint density at radius 1 is 0.935 bits per heavy atom. The summed E-state index contributed by atoms with van der Waals surface area (Å²) in [5.41, 5.74) is -4.49. The van der Waals surface area contributed by atoms with E-state index in [0.717, 1.165) is 6.07 Å². The van der Waals surface area contributed by atoms with Crippen molar-refractivity contribution in [3.8, 4) is 17.6 Å². The van der Waals surface area contributed by atoms with Crippen LogP contribution in [0.25, 0.3) is 0 Å².